The van der Waals surface area contributed by atoms with Crippen molar-refractivity contribution in [1.82, 2.24) is 0 Å². The summed E-state index contributed by atoms with van der Waals surface area (Å²) in [6, 6.07) is 10.8. The zero-order valence-electron chi connectivity index (χ0n) is 16.6. The quantitative estimate of drug-likeness (QED) is 0.623. The highest BCUT2D eigenvalue weighted by Crippen LogP contribution is 2.21. The number of nitrogens with two attached hydrogens (primary N) is 1. The third kappa shape index (κ3) is 6.35. The van der Waals surface area contributed by atoms with Crippen LogP contribution >= 0.6 is 0 Å². The Kier molecular flexibility index (Phi) is 7.60. The molecule has 0 spiro atoms. The minimum atomic E-state index is -3.83. The summed E-state index contributed by atoms with van der Waals surface area (Å²) in [6.45, 7) is 6.41. The molecule has 6 nitrogen and oxygen atoms in total. The fourth-order valence-electron chi connectivity index (χ4n) is 2.85. The molecule has 2 rings (SSSR count). The average molecular weight is 405 g/mol. The fraction of sp³-hybridized carbons (Fsp3) is 0.381. The van der Waals surface area contributed by atoms with Gasteiger partial charge in [0, 0.05) is 12.1 Å². The van der Waals surface area contributed by atoms with Crippen molar-refractivity contribution in [3.05, 3.63) is 53.1 Å². The van der Waals surface area contributed by atoms with Gasteiger partial charge in [-0.1, -0.05) is 25.1 Å². The Morgan fingerprint density at radius 1 is 1.11 bits per heavy atom. The van der Waals surface area contributed by atoms with Crippen LogP contribution in [0.25, 0.3) is 0 Å². The van der Waals surface area contributed by atoms with Gasteiger partial charge in [0.1, 0.15) is 5.75 Å². The molecule has 0 saturated carbocycles. The Labute approximate surface area is 167 Å². The standard InChI is InChI=1S/C21H28N2O4S/c1-4-17-10-11-18(14-20(17)28(22,25)26)23-21(24)7-5-6-12-27-19-13-15(2)8-9-16(19)3/h8-11,13-14H,4-7,12H2,1-3H3,(H,23,24)(H2,22,25,26). The number of aryl methyl sites for hydroxylation is 3. The van der Waals surface area contributed by atoms with Crippen molar-refractivity contribution in [3.63, 3.8) is 0 Å². The smallest absolute Gasteiger partial charge is 0.238 e. The molecule has 0 radical (unpaired) electrons. The van der Waals surface area contributed by atoms with Gasteiger partial charge in [-0.2, -0.15) is 0 Å². The van der Waals surface area contributed by atoms with Gasteiger partial charge in [-0.3, -0.25) is 4.79 Å². The minimum Gasteiger partial charge on any atom is -0.493 e. The van der Waals surface area contributed by atoms with Crippen molar-refractivity contribution in [2.75, 3.05) is 11.9 Å². The number of sulfonamides is 1. The van der Waals surface area contributed by atoms with E-state index >= 15 is 0 Å². The van der Waals surface area contributed by atoms with Crippen LogP contribution in [0, 0.1) is 13.8 Å². The highest BCUT2D eigenvalue weighted by molar-refractivity contribution is 7.89. The summed E-state index contributed by atoms with van der Waals surface area (Å²) >= 11 is 0. The zero-order chi connectivity index (χ0) is 20.7. The second-order valence-corrected chi connectivity index (χ2v) is 8.37. The van der Waals surface area contributed by atoms with Crippen molar-refractivity contribution >= 4 is 21.6 Å². The van der Waals surface area contributed by atoms with Crippen LogP contribution < -0.4 is 15.2 Å². The lowest BCUT2D eigenvalue weighted by Gasteiger charge is -2.11. The van der Waals surface area contributed by atoms with E-state index in [2.05, 4.69) is 5.32 Å². The minimum absolute atomic E-state index is 0.0507. The summed E-state index contributed by atoms with van der Waals surface area (Å²) in [4.78, 5) is 12.2. The first kappa shape index (κ1) is 21.9. The van der Waals surface area contributed by atoms with Crippen molar-refractivity contribution in [1.29, 1.82) is 0 Å². The van der Waals surface area contributed by atoms with Gasteiger partial charge in [-0.25, -0.2) is 13.6 Å². The molecular weight excluding hydrogens is 376 g/mol. The van der Waals surface area contributed by atoms with Crippen molar-refractivity contribution in [2.24, 2.45) is 5.14 Å². The largest absolute Gasteiger partial charge is 0.493 e. The van der Waals surface area contributed by atoms with Gasteiger partial charge >= 0.3 is 0 Å². The number of hydrogen-bond acceptors (Lipinski definition) is 4. The third-order valence-electron chi connectivity index (χ3n) is 4.44. The van der Waals surface area contributed by atoms with Crippen LogP contribution in [0.2, 0.25) is 0 Å². The van der Waals surface area contributed by atoms with Crippen molar-refractivity contribution < 1.29 is 17.9 Å². The van der Waals surface area contributed by atoms with Crippen LogP contribution in [0.5, 0.6) is 5.75 Å². The van der Waals surface area contributed by atoms with Crippen LogP contribution in [0.4, 0.5) is 5.69 Å². The number of carbonyl (C=O) groups is 1. The lowest BCUT2D eigenvalue weighted by molar-refractivity contribution is -0.116. The number of unbranched alkanes of at least 4 members (excludes halogenated alkanes) is 1. The number of hydrogen-bond donors (Lipinski definition) is 2. The summed E-state index contributed by atoms with van der Waals surface area (Å²) in [5.74, 6) is 0.701. The molecule has 2 aromatic carbocycles. The molecule has 152 valence electrons. The molecule has 0 aromatic heterocycles. The maximum Gasteiger partial charge on any atom is 0.238 e. The van der Waals surface area contributed by atoms with E-state index in [4.69, 9.17) is 9.88 Å². The van der Waals surface area contributed by atoms with Gasteiger partial charge < -0.3 is 10.1 Å². The first-order valence-electron chi connectivity index (χ1n) is 9.36. The Bertz CT molecular complexity index is 939. The maximum atomic E-state index is 12.1. The van der Waals surface area contributed by atoms with Crippen molar-refractivity contribution in [3.8, 4) is 5.75 Å². The van der Waals surface area contributed by atoms with E-state index in [1.54, 1.807) is 12.1 Å². The van der Waals surface area contributed by atoms with E-state index in [-0.39, 0.29) is 10.8 Å². The normalized spacial score (nSPS) is 11.3. The zero-order valence-corrected chi connectivity index (χ0v) is 17.4. The predicted molar refractivity (Wildman–Crippen MR) is 111 cm³/mol. The van der Waals surface area contributed by atoms with Gasteiger partial charge in [0.2, 0.25) is 15.9 Å². The summed E-state index contributed by atoms with van der Waals surface area (Å²) in [5, 5.41) is 7.99. The molecule has 0 fully saturated rings. The molecule has 0 heterocycles. The van der Waals surface area contributed by atoms with E-state index in [0.29, 0.717) is 37.1 Å². The van der Waals surface area contributed by atoms with Gasteiger partial charge in [0.25, 0.3) is 0 Å². The topological polar surface area (TPSA) is 98.5 Å². The Morgan fingerprint density at radius 3 is 2.54 bits per heavy atom. The highest BCUT2D eigenvalue weighted by atomic mass is 32.2. The van der Waals surface area contributed by atoms with E-state index in [1.165, 1.54) is 6.07 Å². The van der Waals surface area contributed by atoms with Crippen LogP contribution in [0.1, 0.15) is 42.9 Å². The molecule has 0 unspecified atom stereocenters. The van der Waals surface area contributed by atoms with E-state index in [1.807, 2.05) is 39.0 Å². The van der Waals surface area contributed by atoms with Crippen LogP contribution in [-0.2, 0) is 21.2 Å². The molecule has 0 aliphatic heterocycles. The molecule has 1 amide bonds. The number of anilines is 1. The molecule has 0 bridgehead atoms. The summed E-state index contributed by atoms with van der Waals surface area (Å²) in [5.41, 5.74) is 3.29. The number of amides is 1. The average Bonchev–Trinajstić information content (AvgIpc) is 2.63. The fourth-order valence-corrected chi connectivity index (χ4v) is 3.71. The summed E-state index contributed by atoms with van der Waals surface area (Å²) in [7, 11) is -3.83. The molecule has 0 saturated heterocycles. The van der Waals surface area contributed by atoms with Crippen LogP contribution in [-0.4, -0.2) is 20.9 Å². The first-order valence-corrected chi connectivity index (χ1v) is 10.9. The molecule has 0 aliphatic rings. The monoisotopic (exact) mass is 404 g/mol. The highest BCUT2D eigenvalue weighted by Gasteiger charge is 2.14. The van der Waals surface area contributed by atoms with Gasteiger partial charge in [0.05, 0.1) is 11.5 Å². The molecule has 0 atom stereocenters. The Morgan fingerprint density at radius 2 is 1.86 bits per heavy atom. The maximum absolute atomic E-state index is 12.1. The van der Waals surface area contributed by atoms with E-state index in [9.17, 15) is 13.2 Å². The predicted octanol–water partition coefficient (Wildman–Crippen LogP) is 3.70. The SMILES string of the molecule is CCc1ccc(NC(=O)CCCCOc2cc(C)ccc2C)cc1S(N)(=O)=O. The van der Waals surface area contributed by atoms with Gasteiger partial charge in [-0.15, -0.1) is 0 Å². The number of ether oxygens (including phenoxy) is 1. The summed E-state index contributed by atoms with van der Waals surface area (Å²) < 4.78 is 29.2. The van der Waals surface area contributed by atoms with Crippen molar-refractivity contribution in [2.45, 2.75) is 51.3 Å². The number of nitrogens with one attached hydrogen (secondary N) is 1. The Balaban J connectivity index is 1.82. The van der Waals surface area contributed by atoms with Crippen LogP contribution in [0.3, 0.4) is 0 Å². The summed E-state index contributed by atoms with van der Waals surface area (Å²) in [6.07, 6.45) is 2.29. The molecule has 28 heavy (non-hydrogen) atoms. The number of rotatable bonds is 9. The van der Waals surface area contributed by atoms with Gasteiger partial charge in [-0.05, 0) is 68.0 Å². The molecular formula is C21H28N2O4S. The van der Waals surface area contributed by atoms with E-state index < -0.39 is 10.0 Å². The van der Waals surface area contributed by atoms with Crippen LogP contribution in [0.15, 0.2) is 41.3 Å². The second kappa shape index (κ2) is 9.71. The number of benzene rings is 2. The lowest BCUT2D eigenvalue weighted by atomic mass is 10.1. The number of carbonyl (C=O) groups excluding carboxylic acids is 1. The molecule has 2 aromatic rings. The molecule has 3 N–H and O–H groups in total. The van der Waals surface area contributed by atoms with Gasteiger partial charge in [0.15, 0.2) is 0 Å². The Hall–Kier alpha value is -2.38. The number of primary sulfonamides is 1. The van der Waals surface area contributed by atoms with E-state index in [0.717, 1.165) is 23.3 Å². The first-order chi connectivity index (χ1) is 13.2. The molecule has 0 aliphatic carbocycles. The molecule has 7 heteroatoms. The second-order valence-electron chi connectivity index (χ2n) is 6.84. The third-order valence-corrected chi connectivity index (χ3v) is 5.43. The lowest BCUT2D eigenvalue weighted by Crippen LogP contribution is -2.16.